The number of hydrogen-bond donors (Lipinski definition) is 1. The molecule has 1 heterocycles. The third kappa shape index (κ3) is 4.33. The second-order valence-corrected chi connectivity index (χ2v) is 7.37. The summed E-state index contributed by atoms with van der Waals surface area (Å²) < 4.78 is 7.35. The summed E-state index contributed by atoms with van der Waals surface area (Å²) in [7, 11) is 5.26. The van der Waals surface area contributed by atoms with E-state index >= 15 is 0 Å². The fourth-order valence-corrected chi connectivity index (χ4v) is 3.69. The maximum Gasteiger partial charge on any atom is 0.274 e. The van der Waals surface area contributed by atoms with Gasteiger partial charge in [0.1, 0.15) is 5.75 Å². The highest BCUT2D eigenvalue weighted by molar-refractivity contribution is 5.93. The molecular weight excluding hydrogens is 340 g/mol. The normalized spacial score (nSPS) is 16.1. The molecule has 1 aliphatic carbocycles. The molecule has 1 amide bonds. The Labute approximate surface area is 161 Å². The Morgan fingerprint density at radius 3 is 2.93 bits per heavy atom. The number of hydrogen-bond acceptors (Lipinski definition) is 4. The largest absolute Gasteiger partial charge is 0.497 e. The summed E-state index contributed by atoms with van der Waals surface area (Å²) in [6.07, 6.45) is 3.87. The first-order valence-corrected chi connectivity index (χ1v) is 9.70. The SMILES string of the molecule is CCCn1nc(C(=O)N(C)C)c2c1CC[C@H](NCc1cccc(OC)c1)C2. The topological polar surface area (TPSA) is 59.4 Å². The predicted molar refractivity (Wildman–Crippen MR) is 106 cm³/mol. The smallest absolute Gasteiger partial charge is 0.274 e. The summed E-state index contributed by atoms with van der Waals surface area (Å²) in [4.78, 5) is 14.2. The van der Waals surface area contributed by atoms with Crippen LogP contribution in [0.5, 0.6) is 5.75 Å². The molecule has 0 aliphatic heterocycles. The van der Waals surface area contributed by atoms with Gasteiger partial charge in [0, 0.05) is 44.5 Å². The Hall–Kier alpha value is -2.34. The molecule has 0 saturated carbocycles. The fourth-order valence-electron chi connectivity index (χ4n) is 3.69. The number of ether oxygens (including phenoxy) is 1. The van der Waals surface area contributed by atoms with Crippen LogP contribution in [-0.2, 0) is 25.9 Å². The van der Waals surface area contributed by atoms with Gasteiger partial charge >= 0.3 is 0 Å². The van der Waals surface area contributed by atoms with Crippen molar-refractivity contribution in [2.75, 3.05) is 21.2 Å². The highest BCUT2D eigenvalue weighted by Crippen LogP contribution is 2.26. The van der Waals surface area contributed by atoms with Gasteiger partial charge in [-0.1, -0.05) is 19.1 Å². The van der Waals surface area contributed by atoms with Gasteiger partial charge in [-0.05, 0) is 43.4 Å². The standard InChI is InChI=1S/C21H30N4O2/c1-5-11-25-19-10-9-16(13-18(19)20(23-25)21(26)24(2)3)22-14-15-7-6-8-17(12-15)27-4/h6-8,12,16,22H,5,9-11,13-14H2,1-4H3/t16-/m0/s1. The number of methoxy groups -OCH3 is 1. The van der Waals surface area contributed by atoms with E-state index in [1.54, 1.807) is 26.1 Å². The van der Waals surface area contributed by atoms with Gasteiger partial charge in [0.2, 0.25) is 0 Å². The van der Waals surface area contributed by atoms with Crippen molar-refractivity contribution in [1.82, 2.24) is 20.0 Å². The quantitative estimate of drug-likeness (QED) is 0.814. The van der Waals surface area contributed by atoms with Gasteiger partial charge in [-0.3, -0.25) is 9.48 Å². The number of fused-ring (bicyclic) bond motifs is 1. The lowest BCUT2D eigenvalue weighted by Crippen LogP contribution is -2.35. The van der Waals surface area contributed by atoms with Crippen molar-refractivity contribution in [2.24, 2.45) is 0 Å². The average molecular weight is 370 g/mol. The molecule has 1 aromatic carbocycles. The van der Waals surface area contributed by atoms with Gasteiger partial charge in [-0.25, -0.2) is 0 Å². The lowest BCUT2D eigenvalue weighted by atomic mass is 9.91. The molecule has 0 spiro atoms. The maximum atomic E-state index is 12.6. The van der Waals surface area contributed by atoms with Crippen molar-refractivity contribution in [3.8, 4) is 5.75 Å². The number of rotatable bonds is 7. The molecular formula is C21H30N4O2. The van der Waals surface area contributed by atoms with Crippen molar-refractivity contribution >= 4 is 5.91 Å². The summed E-state index contributed by atoms with van der Waals surface area (Å²) in [5.74, 6) is 0.870. The zero-order chi connectivity index (χ0) is 19.4. The lowest BCUT2D eigenvalue weighted by molar-refractivity contribution is 0.0819. The van der Waals surface area contributed by atoms with E-state index in [0.717, 1.165) is 50.1 Å². The number of nitrogens with zero attached hydrogens (tertiary/aromatic N) is 3. The zero-order valence-electron chi connectivity index (χ0n) is 16.8. The van der Waals surface area contributed by atoms with Crippen LogP contribution in [-0.4, -0.2) is 47.8 Å². The predicted octanol–water partition coefficient (Wildman–Crippen LogP) is 2.65. The Balaban J connectivity index is 1.75. The number of carbonyl (C=O) groups excluding carboxylic acids is 1. The molecule has 2 aromatic rings. The molecule has 1 N–H and O–H groups in total. The van der Waals surface area contributed by atoms with Crippen LogP contribution < -0.4 is 10.1 Å². The minimum Gasteiger partial charge on any atom is -0.497 e. The first kappa shape index (κ1) is 19.4. The minimum absolute atomic E-state index is 0.00505. The van der Waals surface area contributed by atoms with Crippen LogP contribution in [0.2, 0.25) is 0 Å². The van der Waals surface area contributed by atoms with Gasteiger partial charge in [-0.2, -0.15) is 5.10 Å². The minimum atomic E-state index is -0.00505. The molecule has 1 aromatic heterocycles. The second kappa shape index (κ2) is 8.57. The molecule has 6 nitrogen and oxygen atoms in total. The van der Waals surface area contributed by atoms with E-state index in [1.807, 2.05) is 16.8 Å². The van der Waals surface area contributed by atoms with E-state index in [9.17, 15) is 4.79 Å². The number of amides is 1. The number of carbonyl (C=O) groups is 1. The Morgan fingerprint density at radius 1 is 1.41 bits per heavy atom. The fraction of sp³-hybridized carbons (Fsp3) is 0.524. The van der Waals surface area contributed by atoms with Crippen LogP contribution >= 0.6 is 0 Å². The van der Waals surface area contributed by atoms with E-state index < -0.39 is 0 Å². The van der Waals surface area contributed by atoms with Gasteiger partial charge in [0.05, 0.1) is 7.11 Å². The van der Waals surface area contributed by atoms with Gasteiger partial charge < -0.3 is 15.0 Å². The molecule has 146 valence electrons. The van der Waals surface area contributed by atoms with Gasteiger partial charge in [-0.15, -0.1) is 0 Å². The molecule has 27 heavy (non-hydrogen) atoms. The summed E-state index contributed by atoms with van der Waals surface area (Å²) in [5, 5.41) is 8.31. The molecule has 0 radical (unpaired) electrons. The summed E-state index contributed by atoms with van der Waals surface area (Å²) in [6, 6.07) is 8.47. The lowest BCUT2D eigenvalue weighted by Gasteiger charge is -2.25. The second-order valence-electron chi connectivity index (χ2n) is 7.37. The number of aromatic nitrogens is 2. The van der Waals surface area contributed by atoms with E-state index in [0.29, 0.717) is 11.7 Å². The molecule has 3 rings (SSSR count). The van der Waals surface area contributed by atoms with E-state index in [-0.39, 0.29) is 5.91 Å². The van der Waals surface area contributed by atoms with Crippen molar-refractivity contribution < 1.29 is 9.53 Å². The van der Waals surface area contributed by atoms with E-state index in [1.165, 1.54) is 11.3 Å². The molecule has 0 fully saturated rings. The Bertz CT molecular complexity index is 797. The Morgan fingerprint density at radius 2 is 2.22 bits per heavy atom. The third-order valence-electron chi connectivity index (χ3n) is 5.12. The van der Waals surface area contributed by atoms with Crippen LogP contribution in [0.3, 0.4) is 0 Å². The molecule has 1 atom stereocenters. The third-order valence-corrected chi connectivity index (χ3v) is 5.12. The van der Waals surface area contributed by atoms with Crippen LogP contribution in [0.25, 0.3) is 0 Å². The monoisotopic (exact) mass is 370 g/mol. The summed E-state index contributed by atoms with van der Waals surface area (Å²) in [6.45, 7) is 3.80. The van der Waals surface area contributed by atoms with Crippen molar-refractivity contribution in [3.63, 3.8) is 0 Å². The zero-order valence-corrected chi connectivity index (χ0v) is 16.8. The first-order chi connectivity index (χ1) is 13.0. The van der Waals surface area contributed by atoms with Crippen LogP contribution in [0, 0.1) is 0 Å². The molecule has 6 heteroatoms. The van der Waals surface area contributed by atoms with Crippen molar-refractivity contribution in [2.45, 2.75) is 51.7 Å². The van der Waals surface area contributed by atoms with Crippen LogP contribution in [0.15, 0.2) is 24.3 Å². The summed E-state index contributed by atoms with van der Waals surface area (Å²) >= 11 is 0. The van der Waals surface area contributed by atoms with Gasteiger partial charge in [0.25, 0.3) is 5.91 Å². The maximum absolute atomic E-state index is 12.6. The highest BCUT2D eigenvalue weighted by atomic mass is 16.5. The molecule has 0 unspecified atom stereocenters. The number of benzene rings is 1. The first-order valence-electron chi connectivity index (χ1n) is 9.70. The number of nitrogens with one attached hydrogen (secondary N) is 1. The van der Waals surface area contributed by atoms with E-state index in [2.05, 4.69) is 29.5 Å². The van der Waals surface area contributed by atoms with Crippen LogP contribution in [0.4, 0.5) is 0 Å². The highest BCUT2D eigenvalue weighted by Gasteiger charge is 2.29. The molecule has 0 bridgehead atoms. The number of aryl methyl sites for hydroxylation is 1. The van der Waals surface area contributed by atoms with Gasteiger partial charge in [0.15, 0.2) is 5.69 Å². The average Bonchev–Trinajstić information content (AvgIpc) is 3.04. The van der Waals surface area contributed by atoms with Crippen molar-refractivity contribution in [1.29, 1.82) is 0 Å². The summed E-state index contributed by atoms with van der Waals surface area (Å²) in [5.41, 5.74) is 4.18. The Kier molecular flexibility index (Phi) is 6.16. The molecule has 1 aliphatic rings. The van der Waals surface area contributed by atoms with Crippen molar-refractivity contribution in [3.05, 3.63) is 46.8 Å². The van der Waals surface area contributed by atoms with E-state index in [4.69, 9.17) is 4.74 Å². The van der Waals surface area contributed by atoms with Crippen LogP contribution in [0.1, 0.15) is 47.1 Å². The molecule has 0 saturated heterocycles.